The van der Waals surface area contributed by atoms with Crippen LogP contribution in [-0.2, 0) is 9.47 Å². The number of unbranched alkanes of at least 4 members (excludes halogenated alkanes) is 10. The molecule has 194 valence electrons. The largest absolute Gasteiger partial charge is 0.462 e. The molecule has 0 amide bonds. The lowest BCUT2D eigenvalue weighted by atomic mass is 10.1. The Morgan fingerprint density at radius 2 is 0.943 bits per heavy atom. The van der Waals surface area contributed by atoms with Crippen LogP contribution < -0.4 is 0 Å². The molecule has 2 aromatic carbocycles. The van der Waals surface area contributed by atoms with Gasteiger partial charge in [-0.2, -0.15) is 0 Å². The van der Waals surface area contributed by atoms with Crippen LogP contribution >= 0.6 is 0 Å². The third kappa shape index (κ3) is 15.0. The van der Waals surface area contributed by atoms with Crippen LogP contribution in [0, 0.1) is 5.82 Å². The van der Waals surface area contributed by atoms with Crippen LogP contribution in [-0.4, -0.2) is 25.2 Å². The zero-order valence-electron chi connectivity index (χ0n) is 21.6. The molecular formula is C30H43FO4. The van der Waals surface area contributed by atoms with E-state index in [9.17, 15) is 14.0 Å². The molecule has 0 spiro atoms. The van der Waals surface area contributed by atoms with Crippen LogP contribution in [0.4, 0.5) is 4.39 Å². The summed E-state index contributed by atoms with van der Waals surface area (Å²) in [7, 11) is 0. The molecule has 4 nitrogen and oxygen atoms in total. The number of hydrogen-bond acceptors (Lipinski definition) is 4. The van der Waals surface area contributed by atoms with Crippen LogP contribution in [0.5, 0.6) is 0 Å². The zero-order valence-corrected chi connectivity index (χ0v) is 21.6. The predicted molar refractivity (Wildman–Crippen MR) is 140 cm³/mol. The molecule has 5 heteroatoms. The van der Waals surface area contributed by atoms with E-state index in [0.717, 1.165) is 25.7 Å². The Bertz CT molecular complexity index is 758. The lowest BCUT2D eigenvalue weighted by Crippen LogP contribution is -2.15. The first kappa shape index (κ1) is 30.3. The minimum Gasteiger partial charge on any atom is -0.462 e. The summed E-state index contributed by atoms with van der Waals surface area (Å²) in [4.78, 5) is 24.7. The lowest BCUT2D eigenvalue weighted by molar-refractivity contribution is 0.0450. The fourth-order valence-electron chi connectivity index (χ4n) is 3.50. The molecule has 2 aromatic rings. The highest BCUT2D eigenvalue weighted by molar-refractivity contribution is 6.03. The summed E-state index contributed by atoms with van der Waals surface area (Å²) in [6, 6.07) is 14.7. The normalized spacial score (nSPS) is 10.3. The van der Waals surface area contributed by atoms with Gasteiger partial charge in [-0.3, -0.25) is 0 Å². The summed E-state index contributed by atoms with van der Waals surface area (Å²) in [5, 5.41) is 0. The minimum absolute atomic E-state index is 0.178. The maximum Gasteiger partial charge on any atom is 0.339 e. The summed E-state index contributed by atoms with van der Waals surface area (Å²) >= 11 is 0. The number of carbonyl (C=O) groups is 2. The van der Waals surface area contributed by atoms with Gasteiger partial charge in [0.15, 0.2) is 0 Å². The molecular weight excluding hydrogens is 443 g/mol. The summed E-state index contributed by atoms with van der Waals surface area (Å²) in [6.07, 6.45) is 13.6. The molecule has 2 rings (SSSR count). The Kier molecular flexibility index (Phi) is 17.9. The Morgan fingerprint density at radius 3 is 1.31 bits per heavy atom. The van der Waals surface area contributed by atoms with E-state index in [1.165, 1.54) is 63.5 Å². The number of hydrogen-bond donors (Lipinski definition) is 0. The van der Waals surface area contributed by atoms with Crippen molar-refractivity contribution in [1.82, 2.24) is 0 Å². The molecule has 0 aliphatic carbocycles. The Balaban J connectivity index is 0.000000744. The van der Waals surface area contributed by atoms with Gasteiger partial charge in [-0.05, 0) is 37.1 Å². The Morgan fingerprint density at radius 1 is 0.571 bits per heavy atom. The van der Waals surface area contributed by atoms with E-state index >= 15 is 0 Å². The molecule has 0 aliphatic rings. The smallest absolute Gasteiger partial charge is 0.339 e. The van der Waals surface area contributed by atoms with Gasteiger partial charge in [0.25, 0.3) is 0 Å². The molecule has 0 bridgehead atoms. The van der Waals surface area contributed by atoms with Crippen LogP contribution in [0.25, 0.3) is 0 Å². The van der Waals surface area contributed by atoms with E-state index in [4.69, 9.17) is 9.47 Å². The SMILES string of the molecule is CCCCCCCCOC(=O)c1ccccc1C(=O)OCCCCCCCC.Fc1ccccc1. The first-order valence-corrected chi connectivity index (χ1v) is 13.2. The lowest BCUT2D eigenvalue weighted by Gasteiger charge is -2.10. The second-order valence-electron chi connectivity index (χ2n) is 8.65. The molecule has 0 saturated heterocycles. The third-order valence-electron chi connectivity index (χ3n) is 5.56. The van der Waals surface area contributed by atoms with Crippen molar-refractivity contribution in [3.63, 3.8) is 0 Å². The number of benzene rings is 2. The highest BCUT2D eigenvalue weighted by Gasteiger charge is 2.18. The average Bonchev–Trinajstić information content (AvgIpc) is 2.88. The standard InChI is InChI=1S/C24H38O4.C6H5F/c1-3-5-7-9-11-15-19-27-23(25)21-17-13-14-18-22(21)24(26)28-20-16-12-10-8-6-4-2;7-6-4-2-1-3-5-6/h13-14,17-18H,3-12,15-16,19-20H2,1-2H3;1-5H. The maximum absolute atomic E-state index is 12.4. The second kappa shape index (κ2) is 20.7. The van der Waals surface area contributed by atoms with Crippen molar-refractivity contribution in [2.75, 3.05) is 13.2 Å². The molecule has 0 heterocycles. The molecule has 0 N–H and O–H groups in total. The summed E-state index contributed by atoms with van der Waals surface area (Å²) in [6.45, 7) is 5.17. The topological polar surface area (TPSA) is 52.6 Å². The summed E-state index contributed by atoms with van der Waals surface area (Å²) in [5.41, 5.74) is 0.586. The predicted octanol–water partition coefficient (Wildman–Crippen LogP) is 8.55. The van der Waals surface area contributed by atoms with E-state index in [1.54, 1.807) is 42.5 Å². The molecule has 0 saturated carbocycles. The molecule has 0 atom stereocenters. The van der Waals surface area contributed by atoms with Gasteiger partial charge in [0.2, 0.25) is 0 Å². The molecule has 0 radical (unpaired) electrons. The van der Waals surface area contributed by atoms with Crippen LogP contribution in [0.15, 0.2) is 54.6 Å². The van der Waals surface area contributed by atoms with Gasteiger partial charge in [-0.15, -0.1) is 0 Å². The van der Waals surface area contributed by atoms with Crippen molar-refractivity contribution >= 4 is 11.9 Å². The zero-order chi connectivity index (χ0) is 25.6. The molecule has 0 aromatic heterocycles. The van der Waals surface area contributed by atoms with Gasteiger partial charge in [0.05, 0.1) is 24.3 Å². The Hall–Kier alpha value is -2.69. The van der Waals surface area contributed by atoms with E-state index in [0.29, 0.717) is 24.3 Å². The van der Waals surface area contributed by atoms with Crippen LogP contribution in [0.2, 0.25) is 0 Å². The van der Waals surface area contributed by atoms with E-state index in [1.807, 2.05) is 0 Å². The molecule has 0 unspecified atom stereocenters. The highest BCUT2D eigenvalue weighted by atomic mass is 19.1. The van der Waals surface area contributed by atoms with Crippen LogP contribution in [0.3, 0.4) is 0 Å². The van der Waals surface area contributed by atoms with Crippen molar-refractivity contribution in [1.29, 1.82) is 0 Å². The fourth-order valence-corrected chi connectivity index (χ4v) is 3.50. The average molecular weight is 487 g/mol. The van der Waals surface area contributed by atoms with Crippen molar-refractivity contribution in [2.24, 2.45) is 0 Å². The van der Waals surface area contributed by atoms with E-state index in [2.05, 4.69) is 13.8 Å². The number of ether oxygens (including phenoxy) is 2. The molecule has 0 fully saturated rings. The molecule has 0 aliphatic heterocycles. The maximum atomic E-state index is 12.4. The first-order valence-electron chi connectivity index (χ1n) is 13.2. The minimum atomic E-state index is -0.444. The highest BCUT2D eigenvalue weighted by Crippen LogP contribution is 2.14. The van der Waals surface area contributed by atoms with Gasteiger partial charge < -0.3 is 9.47 Å². The van der Waals surface area contributed by atoms with E-state index in [-0.39, 0.29) is 5.82 Å². The van der Waals surface area contributed by atoms with Gasteiger partial charge >= 0.3 is 11.9 Å². The Labute approximate surface area is 211 Å². The van der Waals surface area contributed by atoms with Gasteiger partial charge in [-0.1, -0.05) is 108 Å². The molecule has 35 heavy (non-hydrogen) atoms. The second-order valence-corrected chi connectivity index (χ2v) is 8.65. The van der Waals surface area contributed by atoms with Gasteiger partial charge in [0.1, 0.15) is 5.82 Å². The van der Waals surface area contributed by atoms with Crippen molar-refractivity contribution < 1.29 is 23.5 Å². The fraction of sp³-hybridized carbons (Fsp3) is 0.533. The van der Waals surface area contributed by atoms with Crippen molar-refractivity contribution in [3.05, 3.63) is 71.5 Å². The monoisotopic (exact) mass is 486 g/mol. The first-order chi connectivity index (χ1) is 17.1. The quantitative estimate of drug-likeness (QED) is 0.176. The number of esters is 2. The van der Waals surface area contributed by atoms with Crippen molar-refractivity contribution in [2.45, 2.75) is 90.9 Å². The van der Waals surface area contributed by atoms with Crippen molar-refractivity contribution in [3.8, 4) is 0 Å². The number of rotatable bonds is 16. The van der Waals surface area contributed by atoms with Crippen LogP contribution in [0.1, 0.15) is 112 Å². The van der Waals surface area contributed by atoms with Gasteiger partial charge in [0, 0.05) is 0 Å². The number of halogens is 1. The summed E-state index contributed by atoms with van der Waals surface area (Å²) in [5.74, 6) is -1.07. The van der Waals surface area contributed by atoms with Gasteiger partial charge in [-0.25, -0.2) is 14.0 Å². The van der Waals surface area contributed by atoms with E-state index < -0.39 is 11.9 Å². The summed E-state index contributed by atoms with van der Waals surface area (Å²) < 4.78 is 22.6. The third-order valence-corrected chi connectivity index (χ3v) is 5.56. The number of carbonyl (C=O) groups excluding carboxylic acids is 2.